The zero-order chi connectivity index (χ0) is 12.9. The summed E-state index contributed by atoms with van der Waals surface area (Å²) in [6, 6.07) is 2.77. The molecule has 1 heterocycles. The number of sulfonamides is 1. The molecule has 17 heavy (non-hydrogen) atoms. The molecule has 0 aliphatic rings. The van der Waals surface area contributed by atoms with E-state index in [-0.39, 0.29) is 16.6 Å². The number of pyridine rings is 1. The molecule has 0 aliphatic heterocycles. The SMILES string of the molecule is CCCC(O)CNS(=O)(=O)c1ccc(Cl)nc1. The minimum absolute atomic E-state index is 0.00119. The highest BCUT2D eigenvalue weighted by molar-refractivity contribution is 7.89. The summed E-state index contributed by atoms with van der Waals surface area (Å²) < 4.78 is 25.8. The Labute approximate surface area is 106 Å². The van der Waals surface area contributed by atoms with Crippen LogP contribution in [0.15, 0.2) is 23.2 Å². The number of aromatic nitrogens is 1. The fourth-order valence-electron chi connectivity index (χ4n) is 1.25. The van der Waals surface area contributed by atoms with E-state index < -0.39 is 16.1 Å². The lowest BCUT2D eigenvalue weighted by molar-refractivity contribution is 0.167. The highest BCUT2D eigenvalue weighted by atomic mass is 35.5. The highest BCUT2D eigenvalue weighted by Gasteiger charge is 2.15. The maximum absolute atomic E-state index is 11.7. The quantitative estimate of drug-likeness (QED) is 0.766. The van der Waals surface area contributed by atoms with Crippen molar-refractivity contribution >= 4 is 21.6 Å². The van der Waals surface area contributed by atoms with E-state index >= 15 is 0 Å². The molecule has 5 nitrogen and oxygen atoms in total. The Morgan fingerprint density at radius 1 is 1.53 bits per heavy atom. The lowest BCUT2D eigenvalue weighted by Crippen LogP contribution is -2.32. The zero-order valence-electron chi connectivity index (χ0n) is 9.43. The van der Waals surface area contributed by atoms with Crippen molar-refractivity contribution in [2.24, 2.45) is 0 Å². The van der Waals surface area contributed by atoms with Crippen molar-refractivity contribution in [2.45, 2.75) is 30.8 Å². The van der Waals surface area contributed by atoms with Crippen LogP contribution in [0, 0.1) is 0 Å². The first-order chi connectivity index (χ1) is 7.95. The number of hydrogen-bond acceptors (Lipinski definition) is 4. The second kappa shape index (κ2) is 6.30. The van der Waals surface area contributed by atoms with Gasteiger partial charge in [-0.3, -0.25) is 0 Å². The number of aliphatic hydroxyl groups is 1. The van der Waals surface area contributed by atoms with Gasteiger partial charge in [0, 0.05) is 12.7 Å². The number of aliphatic hydroxyl groups excluding tert-OH is 1. The van der Waals surface area contributed by atoms with Gasteiger partial charge in [-0.25, -0.2) is 18.1 Å². The molecular formula is C10H15ClN2O3S. The largest absolute Gasteiger partial charge is 0.392 e. The van der Waals surface area contributed by atoms with E-state index in [2.05, 4.69) is 9.71 Å². The minimum Gasteiger partial charge on any atom is -0.392 e. The summed E-state index contributed by atoms with van der Waals surface area (Å²) in [6.45, 7) is 1.92. The highest BCUT2D eigenvalue weighted by Crippen LogP contribution is 2.10. The Morgan fingerprint density at radius 2 is 2.24 bits per heavy atom. The molecule has 0 amide bonds. The normalized spacial score (nSPS) is 13.6. The van der Waals surface area contributed by atoms with Crippen molar-refractivity contribution in [3.63, 3.8) is 0 Å². The molecule has 96 valence electrons. The van der Waals surface area contributed by atoms with Gasteiger partial charge in [-0.2, -0.15) is 0 Å². The summed E-state index contributed by atoms with van der Waals surface area (Å²) in [5.41, 5.74) is 0. The molecule has 2 N–H and O–H groups in total. The molecule has 1 rings (SSSR count). The fourth-order valence-corrected chi connectivity index (χ4v) is 2.37. The fraction of sp³-hybridized carbons (Fsp3) is 0.500. The van der Waals surface area contributed by atoms with Crippen molar-refractivity contribution in [2.75, 3.05) is 6.54 Å². The van der Waals surface area contributed by atoms with Crippen LogP contribution in [0.25, 0.3) is 0 Å². The third-order valence-corrected chi connectivity index (χ3v) is 3.77. The second-order valence-electron chi connectivity index (χ2n) is 3.61. The van der Waals surface area contributed by atoms with Crippen LogP contribution < -0.4 is 4.72 Å². The molecule has 0 aromatic carbocycles. The van der Waals surface area contributed by atoms with Gasteiger partial charge in [-0.1, -0.05) is 24.9 Å². The molecule has 7 heteroatoms. The van der Waals surface area contributed by atoms with Gasteiger partial charge in [0.15, 0.2) is 0 Å². The van der Waals surface area contributed by atoms with E-state index in [1.807, 2.05) is 6.92 Å². The summed E-state index contributed by atoms with van der Waals surface area (Å²) in [5.74, 6) is 0. The van der Waals surface area contributed by atoms with E-state index in [0.717, 1.165) is 6.42 Å². The smallest absolute Gasteiger partial charge is 0.242 e. The Morgan fingerprint density at radius 3 is 2.76 bits per heavy atom. The average molecular weight is 279 g/mol. The Kier molecular flexibility index (Phi) is 5.32. The molecule has 0 radical (unpaired) electrons. The van der Waals surface area contributed by atoms with E-state index in [9.17, 15) is 13.5 Å². The van der Waals surface area contributed by atoms with Crippen LogP contribution in [0.4, 0.5) is 0 Å². The van der Waals surface area contributed by atoms with Crippen LogP contribution in [0.3, 0.4) is 0 Å². The maximum atomic E-state index is 11.7. The summed E-state index contributed by atoms with van der Waals surface area (Å²) >= 11 is 5.56. The monoisotopic (exact) mass is 278 g/mol. The van der Waals surface area contributed by atoms with Gasteiger partial charge in [0.05, 0.1) is 6.10 Å². The first-order valence-electron chi connectivity index (χ1n) is 5.25. The zero-order valence-corrected chi connectivity index (χ0v) is 11.0. The lowest BCUT2D eigenvalue weighted by atomic mass is 10.2. The molecular weight excluding hydrogens is 264 g/mol. The molecule has 1 atom stereocenters. The summed E-state index contributed by atoms with van der Waals surface area (Å²) in [5, 5.41) is 9.67. The second-order valence-corrected chi connectivity index (χ2v) is 5.77. The lowest BCUT2D eigenvalue weighted by Gasteiger charge is -2.11. The molecule has 0 saturated heterocycles. The van der Waals surface area contributed by atoms with Crippen molar-refractivity contribution in [1.29, 1.82) is 0 Å². The molecule has 0 spiro atoms. The summed E-state index contributed by atoms with van der Waals surface area (Å²) in [6.07, 6.45) is 1.86. The van der Waals surface area contributed by atoms with E-state index in [1.54, 1.807) is 0 Å². The Hall–Kier alpha value is -0.690. The topological polar surface area (TPSA) is 79.3 Å². The first-order valence-corrected chi connectivity index (χ1v) is 7.11. The van der Waals surface area contributed by atoms with Gasteiger partial charge >= 0.3 is 0 Å². The van der Waals surface area contributed by atoms with Crippen LogP contribution in [0.5, 0.6) is 0 Å². The van der Waals surface area contributed by atoms with E-state index in [4.69, 9.17) is 11.6 Å². The van der Waals surface area contributed by atoms with E-state index in [0.29, 0.717) is 6.42 Å². The molecule has 1 aromatic rings. The van der Waals surface area contributed by atoms with Crippen LogP contribution >= 0.6 is 11.6 Å². The van der Waals surface area contributed by atoms with Crippen LogP contribution in [0.1, 0.15) is 19.8 Å². The summed E-state index contributed by atoms with van der Waals surface area (Å²) in [7, 11) is -3.62. The molecule has 0 saturated carbocycles. The van der Waals surface area contributed by atoms with Crippen LogP contribution in [-0.2, 0) is 10.0 Å². The van der Waals surface area contributed by atoms with Crippen molar-refractivity contribution < 1.29 is 13.5 Å². The van der Waals surface area contributed by atoms with Gasteiger partial charge in [-0.15, -0.1) is 0 Å². The number of hydrogen-bond donors (Lipinski definition) is 2. The molecule has 1 unspecified atom stereocenters. The molecule has 0 fully saturated rings. The van der Waals surface area contributed by atoms with Gasteiger partial charge in [0.25, 0.3) is 0 Å². The van der Waals surface area contributed by atoms with Crippen molar-refractivity contribution in [3.05, 3.63) is 23.5 Å². The summed E-state index contributed by atoms with van der Waals surface area (Å²) in [4.78, 5) is 3.73. The predicted octanol–water partition coefficient (Wildman–Crippen LogP) is 1.17. The minimum atomic E-state index is -3.62. The number of nitrogens with zero attached hydrogens (tertiary/aromatic N) is 1. The van der Waals surface area contributed by atoms with Crippen LogP contribution in [-0.4, -0.2) is 31.2 Å². The van der Waals surface area contributed by atoms with Gasteiger partial charge in [0.2, 0.25) is 10.0 Å². The predicted molar refractivity (Wildman–Crippen MR) is 65.4 cm³/mol. The van der Waals surface area contributed by atoms with E-state index in [1.165, 1.54) is 18.3 Å². The van der Waals surface area contributed by atoms with Crippen molar-refractivity contribution in [3.8, 4) is 0 Å². The third kappa shape index (κ3) is 4.59. The Bertz CT molecular complexity index is 447. The third-order valence-electron chi connectivity index (χ3n) is 2.14. The maximum Gasteiger partial charge on any atom is 0.242 e. The standard InChI is InChI=1S/C10H15ClN2O3S/c1-2-3-8(14)6-13-17(15,16)9-4-5-10(11)12-7-9/h4-5,7-8,13-14H,2-3,6H2,1H3. The number of rotatable bonds is 6. The van der Waals surface area contributed by atoms with Crippen LogP contribution in [0.2, 0.25) is 5.15 Å². The Balaban J connectivity index is 2.66. The average Bonchev–Trinajstić information content (AvgIpc) is 2.28. The number of nitrogens with one attached hydrogen (secondary N) is 1. The molecule has 1 aromatic heterocycles. The van der Waals surface area contributed by atoms with Crippen molar-refractivity contribution in [1.82, 2.24) is 9.71 Å². The van der Waals surface area contributed by atoms with Gasteiger partial charge in [0.1, 0.15) is 10.0 Å². The molecule has 0 bridgehead atoms. The molecule has 0 aliphatic carbocycles. The first kappa shape index (κ1) is 14.4. The van der Waals surface area contributed by atoms with Gasteiger partial charge < -0.3 is 5.11 Å². The number of halogens is 1. The van der Waals surface area contributed by atoms with Gasteiger partial charge in [-0.05, 0) is 18.6 Å².